The van der Waals surface area contributed by atoms with Crippen LogP contribution in [0.4, 0.5) is 4.39 Å². The van der Waals surface area contributed by atoms with Crippen molar-refractivity contribution in [3.63, 3.8) is 0 Å². The Hall–Kier alpha value is -0.650. The Labute approximate surface area is 128 Å². The highest BCUT2D eigenvalue weighted by molar-refractivity contribution is 9.10. The first-order chi connectivity index (χ1) is 9.69. The van der Waals surface area contributed by atoms with Gasteiger partial charge in [-0.1, -0.05) is 22.9 Å². The van der Waals surface area contributed by atoms with Gasteiger partial charge < -0.3 is 14.5 Å². The van der Waals surface area contributed by atoms with Crippen LogP contribution in [-0.4, -0.2) is 55.7 Å². The summed E-state index contributed by atoms with van der Waals surface area (Å²) in [5, 5.41) is 0. The Balaban J connectivity index is 1.64. The maximum atomic E-state index is 13.5. The molecular weight excluding hydrogens is 323 g/mol. The standard InChI is InChI=1S/C15H22BrFN2O/c1-2-18-7-9-19(10-8-18)6-3-11-20-15-5-4-13(16)12-14(15)17/h4-5,12H,2-3,6-11H2,1H3. The molecule has 1 aromatic rings. The fourth-order valence-corrected chi connectivity index (χ4v) is 2.72. The summed E-state index contributed by atoms with van der Waals surface area (Å²) in [7, 11) is 0. The summed E-state index contributed by atoms with van der Waals surface area (Å²) >= 11 is 3.23. The number of piperazine rings is 1. The Morgan fingerprint density at radius 3 is 2.55 bits per heavy atom. The topological polar surface area (TPSA) is 15.7 Å². The maximum absolute atomic E-state index is 13.5. The third-order valence-electron chi connectivity index (χ3n) is 3.68. The fourth-order valence-electron chi connectivity index (χ4n) is 2.39. The molecule has 0 spiro atoms. The number of ether oxygens (including phenoxy) is 1. The van der Waals surface area contributed by atoms with E-state index in [4.69, 9.17) is 4.74 Å². The predicted octanol–water partition coefficient (Wildman–Crippen LogP) is 2.99. The number of benzene rings is 1. The van der Waals surface area contributed by atoms with Crippen molar-refractivity contribution in [1.29, 1.82) is 0 Å². The molecule has 0 N–H and O–H groups in total. The molecule has 0 saturated carbocycles. The van der Waals surface area contributed by atoms with Gasteiger partial charge in [0.1, 0.15) is 0 Å². The van der Waals surface area contributed by atoms with Crippen LogP contribution in [0.2, 0.25) is 0 Å². The van der Waals surface area contributed by atoms with Crippen molar-refractivity contribution in [2.75, 3.05) is 45.9 Å². The number of hydrogen-bond donors (Lipinski definition) is 0. The summed E-state index contributed by atoms with van der Waals surface area (Å²) in [5.41, 5.74) is 0. The first-order valence-corrected chi connectivity index (χ1v) is 8.01. The van der Waals surface area contributed by atoms with Gasteiger partial charge in [0.15, 0.2) is 11.6 Å². The van der Waals surface area contributed by atoms with Crippen LogP contribution in [0.25, 0.3) is 0 Å². The first-order valence-electron chi connectivity index (χ1n) is 7.21. The van der Waals surface area contributed by atoms with Crippen molar-refractivity contribution in [3.8, 4) is 5.75 Å². The van der Waals surface area contributed by atoms with Crippen LogP contribution in [-0.2, 0) is 0 Å². The van der Waals surface area contributed by atoms with E-state index in [1.54, 1.807) is 12.1 Å². The van der Waals surface area contributed by atoms with E-state index in [9.17, 15) is 4.39 Å². The SMILES string of the molecule is CCN1CCN(CCCOc2ccc(Br)cc2F)CC1. The van der Waals surface area contributed by atoms with Gasteiger partial charge in [0.25, 0.3) is 0 Å². The Morgan fingerprint density at radius 1 is 1.20 bits per heavy atom. The van der Waals surface area contributed by atoms with Crippen molar-refractivity contribution in [1.82, 2.24) is 9.80 Å². The summed E-state index contributed by atoms with van der Waals surface area (Å²) in [5.74, 6) is 0.0277. The molecule has 2 rings (SSSR count). The van der Waals surface area contributed by atoms with Crippen LogP contribution in [0.3, 0.4) is 0 Å². The van der Waals surface area contributed by atoms with Crippen LogP contribution >= 0.6 is 15.9 Å². The van der Waals surface area contributed by atoms with Gasteiger partial charge in [-0.2, -0.15) is 0 Å². The van der Waals surface area contributed by atoms with Gasteiger partial charge in [-0.15, -0.1) is 0 Å². The average Bonchev–Trinajstić information content (AvgIpc) is 2.46. The van der Waals surface area contributed by atoms with E-state index in [2.05, 4.69) is 32.7 Å². The maximum Gasteiger partial charge on any atom is 0.166 e. The molecule has 0 atom stereocenters. The number of halogens is 2. The van der Waals surface area contributed by atoms with Gasteiger partial charge in [0, 0.05) is 37.2 Å². The van der Waals surface area contributed by atoms with Gasteiger partial charge >= 0.3 is 0 Å². The van der Waals surface area contributed by atoms with Crippen molar-refractivity contribution >= 4 is 15.9 Å². The Kier molecular flexibility index (Phi) is 6.26. The van der Waals surface area contributed by atoms with E-state index >= 15 is 0 Å². The summed E-state index contributed by atoms with van der Waals surface area (Å²) < 4.78 is 19.8. The van der Waals surface area contributed by atoms with Crippen LogP contribution in [0, 0.1) is 5.82 Å². The van der Waals surface area contributed by atoms with Gasteiger partial charge in [-0.3, -0.25) is 0 Å². The van der Waals surface area contributed by atoms with E-state index in [-0.39, 0.29) is 5.82 Å². The second-order valence-electron chi connectivity index (χ2n) is 5.05. The van der Waals surface area contributed by atoms with E-state index in [0.717, 1.165) is 50.2 Å². The lowest BCUT2D eigenvalue weighted by Crippen LogP contribution is -2.46. The lowest BCUT2D eigenvalue weighted by Gasteiger charge is -2.33. The molecular formula is C15H22BrFN2O. The third kappa shape index (κ3) is 4.72. The number of likely N-dealkylation sites (N-methyl/N-ethyl adjacent to an activating group) is 1. The molecule has 112 valence electrons. The van der Waals surface area contributed by atoms with Crippen molar-refractivity contribution < 1.29 is 9.13 Å². The molecule has 3 nitrogen and oxygen atoms in total. The summed E-state index contributed by atoms with van der Waals surface area (Å²) in [6.45, 7) is 9.48. The lowest BCUT2D eigenvalue weighted by atomic mass is 10.3. The second kappa shape index (κ2) is 7.96. The molecule has 1 heterocycles. The lowest BCUT2D eigenvalue weighted by molar-refractivity contribution is 0.130. The van der Waals surface area contributed by atoms with Crippen LogP contribution < -0.4 is 4.74 Å². The zero-order valence-electron chi connectivity index (χ0n) is 11.9. The zero-order valence-corrected chi connectivity index (χ0v) is 13.5. The van der Waals surface area contributed by atoms with Crippen LogP contribution in [0.15, 0.2) is 22.7 Å². The molecule has 1 fully saturated rings. The molecule has 1 aliphatic heterocycles. The number of hydrogen-bond acceptors (Lipinski definition) is 3. The Bertz CT molecular complexity index is 422. The first kappa shape index (κ1) is 15.7. The molecule has 0 aromatic heterocycles. The monoisotopic (exact) mass is 344 g/mol. The smallest absolute Gasteiger partial charge is 0.166 e. The largest absolute Gasteiger partial charge is 0.490 e. The van der Waals surface area contributed by atoms with E-state index < -0.39 is 0 Å². The second-order valence-corrected chi connectivity index (χ2v) is 5.97. The summed E-state index contributed by atoms with van der Waals surface area (Å²) in [6.07, 6.45) is 0.932. The predicted molar refractivity (Wildman–Crippen MR) is 82.8 cm³/mol. The molecule has 0 unspecified atom stereocenters. The summed E-state index contributed by atoms with van der Waals surface area (Å²) in [4.78, 5) is 4.91. The highest BCUT2D eigenvalue weighted by Gasteiger charge is 2.14. The third-order valence-corrected chi connectivity index (χ3v) is 4.18. The van der Waals surface area contributed by atoms with Crippen LogP contribution in [0.5, 0.6) is 5.75 Å². The normalized spacial score (nSPS) is 17.4. The van der Waals surface area contributed by atoms with E-state index in [0.29, 0.717) is 12.4 Å². The molecule has 0 amide bonds. The molecule has 1 aliphatic rings. The molecule has 0 aliphatic carbocycles. The fraction of sp³-hybridized carbons (Fsp3) is 0.600. The summed E-state index contributed by atoms with van der Waals surface area (Å²) in [6, 6.07) is 4.89. The van der Waals surface area contributed by atoms with E-state index in [1.165, 1.54) is 6.07 Å². The van der Waals surface area contributed by atoms with Gasteiger partial charge in [-0.05, 0) is 31.2 Å². The van der Waals surface area contributed by atoms with Gasteiger partial charge in [-0.25, -0.2) is 4.39 Å². The van der Waals surface area contributed by atoms with Crippen LogP contribution in [0.1, 0.15) is 13.3 Å². The van der Waals surface area contributed by atoms with Gasteiger partial charge in [0.05, 0.1) is 6.61 Å². The van der Waals surface area contributed by atoms with Gasteiger partial charge in [0.2, 0.25) is 0 Å². The number of rotatable bonds is 6. The zero-order chi connectivity index (χ0) is 14.4. The quantitative estimate of drug-likeness (QED) is 0.738. The molecule has 1 saturated heterocycles. The molecule has 20 heavy (non-hydrogen) atoms. The molecule has 0 radical (unpaired) electrons. The molecule has 0 bridgehead atoms. The van der Waals surface area contributed by atoms with E-state index in [1.807, 2.05) is 0 Å². The van der Waals surface area contributed by atoms with Crippen molar-refractivity contribution in [2.24, 2.45) is 0 Å². The highest BCUT2D eigenvalue weighted by Crippen LogP contribution is 2.21. The van der Waals surface area contributed by atoms with Crippen molar-refractivity contribution in [3.05, 3.63) is 28.5 Å². The highest BCUT2D eigenvalue weighted by atomic mass is 79.9. The molecule has 5 heteroatoms. The average molecular weight is 345 g/mol. The minimum Gasteiger partial charge on any atom is -0.490 e. The molecule has 1 aromatic carbocycles. The van der Waals surface area contributed by atoms with Crippen molar-refractivity contribution in [2.45, 2.75) is 13.3 Å². The Morgan fingerprint density at radius 2 is 1.90 bits per heavy atom. The minimum atomic E-state index is -0.309. The minimum absolute atomic E-state index is 0.309. The number of nitrogens with zero attached hydrogens (tertiary/aromatic N) is 2.